The number of aryl methyl sites for hydroxylation is 1. The minimum atomic E-state index is 0.190. The fourth-order valence-corrected chi connectivity index (χ4v) is 3.37. The van der Waals surface area contributed by atoms with Crippen molar-refractivity contribution in [1.82, 2.24) is 9.88 Å². The van der Waals surface area contributed by atoms with Crippen molar-refractivity contribution in [3.05, 3.63) is 33.9 Å². The lowest BCUT2D eigenvalue weighted by molar-refractivity contribution is 0.591. The first-order chi connectivity index (χ1) is 9.38. The highest BCUT2D eigenvalue weighted by molar-refractivity contribution is 9.10. The van der Waals surface area contributed by atoms with Crippen molar-refractivity contribution in [2.45, 2.75) is 51.6 Å². The molecule has 3 heteroatoms. The van der Waals surface area contributed by atoms with Crippen LogP contribution in [0, 0.1) is 0 Å². The summed E-state index contributed by atoms with van der Waals surface area (Å²) in [5.74, 6) is 0. The van der Waals surface area contributed by atoms with Gasteiger partial charge in [0, 0.05) is 40.7 Å². The van der Waals surface area contributed by atoms with E-state index in [1.165, 1.54) is 39.5 Å². The molecule has 0 saturated heterocycles. The molecule has 0 bridgehead atoms. The second-order valence-electron chi connectivity index (χ2n) is 6.96. The molecule has 1 fully saturated rings. The van der Waals surface area contributed by atoms with Gasteiger partial charge < -0.3 is 9.88 Å². The van der Waals surface area contributed by atoms with Gasteiger partial charge in [-0.25, -0.2) is 0 Å². The first kappa shape index (κ1) is 14.2. The van der Waals surface area contributed by atoms with Gasteiger partial charge in [0.15, 0.2) is 0 Å². The summed E-state index contributed by atoms with van der Waals surface area (Å²) in [7, 11) is 2.16. The Hall–Kier alpha value is -0.800. The highest BCUT2D eigenvalue weighted by atomic mass is 79.9. The third-order valence-corrected chi connectivity index (χ3v) is 5.14. The van der Waals surface area contributed by atoms with E-state index >= 15 is 0 Å². The van der Waals surface area contributed by atoms with Crippen molar-refractivity contribution < 1.29 is 0 Å². The maximum Gasteiger partial charge on any atom is 0.0492 e. The predicted octanol–water partition coefficient (Wildman–Crippen LogP) is 4.49. The molecule has 1 heterocycles. The van der Waals surface area contributed by atoms with Crippen LogP contribution in [-0.4, -0.2) is 10.6 Å². The van der Waals surface area contributed by atoms with Crippen LogP contribution in [0.4, 0.5) is 0 Å². The number of benzene rings is 1. The molecule has 1 aromatic heterocycles. The van der Waals surface area contributed by atoms with Crippen molar-refractivity contribution in [2.75, 3.05) is 0 Å². The number of hydrogen-bond acceptors (Lipinski definition) is 1. The maximum atomic E-state index is 3.81. The molecule has 0 spiro atoms. The van der Waals surface area contributed by atoms with E-state index in [2.05, 4.69) is 71.8 Å². The van der Waals surface area contributed by atoms with Crippen molar-refractivity contribution >= 4 is 26.8 Å². The lowest BCUT2D eigenvalue weighted by Crippen LogP contribution is -2.17. The van der Waals surface area contributed by atoms with E-state index in [0.717, 1.165) is 12.6 Å². The monoisotopic (exact) mass is 334 g/mol. The maximum absolute atomic E-state index is 3.81. The molecular weight excluding hydrogens is 312 g/mol. The van der Waals surface area contributed by atoms with Crippen LogP contribution in [0.3, 0.4) is 0 Å². The second-order valence-corrected chi connectivity index (χ2v) is 7.75. The van der Waals surface area contributed by atoms with Crippen LogP contribution < -0.4 is 5.32 Å². The zero-order valence-corrected chi connectivity index (χ0v) is 14.3. The topological polar surface area (TPSA) is 17.0 Å². The smallest absolute Gasteiger partial charge is 0.0492 e. The lowest BCUT2D eigenvalue weighted by Gasteiger charge is -2.19. The summed E-state index contributed by atoms with van der Waals surface area (Å²) in [6, 6.07) is 7.58. The number of nitrogens with one attached hydrogen (secondary N) is 1. The number of nitrogens with zero attached hydrogens (tertiary/aromatic N) is 1. The van der Waals surface area contributed by atoms with Gasteiger partial charge in [0.2, 0.25) is 0 Å². The van der Waals surface area contributed by atoms with Gasteiger partial charge in [-0.15, -0.1) is 0 Å². The Labute approximate surface area is 129 Å². The fraction of sp³-hybridized carbons (Fsp3) is 0.529. The summed E-state index contributed by atoms with van der Waals surface area (Å²) in [5.41, 5.74) is 4.23. The summed E-state index contributed by atoms with van der Waals surface area (Å²) >= 11 is 3.81. The fourth-order valence-electron chi connectivity index (χ4n) is 2.64. The number of rotatable bonds is 3. The van der Waals surface area contributed by atoms with E-state index < -0.39 is 0 Å². The normalized spacial score (nSPS) is 16.1. The van der Waals surface area contributed by atoms with Crippen LogP contribution in [0.5, 0.6) is 0 Å². The van der Waals surface area contributed by atoms with Crippen molar-refractivity contribution in [1.29, 1.82) is 0 Å². The lowest BCUT2D eigenvalue weighted by atomic mass is 9.86. The third-order valence-electron chi connectivity index (χ3n) is 4.25. The van der Waals surface area contributed by atoms with E-state index in [1.54, 1.807) is 0 Å². The number of halogens is 1. The molecule has 20 heavy (non-hydrogen) atoms. The van der Waals surface area contributed by atoms with Crippen LogP contribution in [-0.2, 0) is 19.0 Å². The molecule has 108 valence electrons. The molecule has 0 atom stereocenters. The van der Waals surface area contributed by atoms with Crippen molar-refractivity contribution in [3.8, 4) is 0 Å². The molecular formula is C17H23BrN2. The van der Waals surface area contributed by atoms with Crippen molar-refractivity contribution in [2.24, 2.45) is 7.05 Å². The predicted molar refractivity (Wildman–Crippen MR) is 89.2 cm³/mol. The van der Waals surface area contributed by atoms with Crippen LogP contribution in [0.2, 0.25) is 0 Å². The van der Waals surface area contributed by atoms with E-state index in [1.807, 2.05) is 0 Å². The third kappa shape index (κ3) is 2.53. The molecule has 3 rings (SSSR count). The molecule has 1 aliphatic carbocycles. The number of fused-ring (bicyclic) bond motifs is 1. The Bertz CT molecular complexity index is 645. The van der Waals surface area contributed by atoms with E-state index in [9.17, 15) is 0 Å². The van der Waals surface area contributed by atoms with Crippen LogP contribution >= 0.6 is 15.9 Å². The van der Waals surface area contributed by atoms with E-state index in [4.69, 9.17) is 0 Å². The first-order valence-corrected chi connectivity index (χ1v) is 8.18. The first-order valence-electron chi connectivity index (χ1n) is 7.38. The van der Waals surface area contributed by atoms with Gasteiger partial charge in [-0.1, -0.05) is 26.8 Å². The van der Waals surface area contributed by atoms with Crippen molar-refractivity contribution in [3.63, 3.8) is 0 Å². The number of hydrogen-bond donors (Lipinski definition) is 1. The second kappa shape index (κ2) is 4.88. The van der Waals surface area contributed by atoms with Crippen LogP contribution in [0.15, 0.2) is 22.7 Å². The largest absolute Gasteiger partial charge is 0.345 e. The average molecular weight is 335 g/mol. The van der Waals surface area contributed by atoms with E-state index in [0.29, 0.717) is 0 Å². The average Bonchev–Trinajstić information content (AvgIpc) is 3.17. The minimum absolute atomic E-state index is 0.190. The number of aromatic nitrogens is 1. The Balaban J connectivity index is 2.03. The molecule has 0 radical (unpaired) electrons. The Morgan fingerprint density at radius 2 is 2.00 bits per heavy atom. The van der Waals surface area contributed by atoms with Crippen LogP contribution in [0.25, 0.3) is 10.9 Å². The van der Waals surface area contributed by atoms with E-state index in [-0.39, 0.29) is 5.41 Å². The van der Waals surface area contributed by atoms with Gasteiger partial charge in [0.1, 0.15) is 0 Å². The molecule has 0 unspecified atom stereocenters. The van der Waals surface area contributed by atoms with Gasteiger partial charge in [-0.05, 0) is 51.9 Å². The molecule has 1 saturated carbocycles. The quantitative estimate of drug-likeness (QED) is 0.874. The molecule has 2 nitrogen and oxygen atoms in total. The molecule has 1 aromatic carbocycles. The zero-order chi connectivity index (χ0) is 14.5. The standard InChI is InChI=1S/C17H23BrN2/c1-17(2,3)11-5-8-14-13(9-11)16(18)15(20(14)4)10-19-12-6-7-12/h5,8-9,12,19H,6-7,10H2,1-4H3. The summed E-state index contributed by atoms with van der Waals surface area (Å²) in [5, 5.41) is 4.94. The van der Waals surface area contributed by atoms with Crippen LogP contribution in [0.1, 0.15) is 44.9 Å². The zero-order valence-electron chi connectivity index (χ0n) is 12.8. The van der Waals surface area contributed by atoms with Gasteiger partial charge in [-0.3, -0.25) is 0 Å². The summed E-state index contributed by atoms with van der Waals surface area (Å²) in [6.07, 6.45) is 2.66. The molecule has 2 aromatic rings. The summed E-state index contributed by atoms with van der Waals surface area (Å²) in [4.78, 5) is 0. The summed E-state index contributed by atoms with van der Waals surface area (Å²) < 4.78 is 3.55. The highest BCUT2D eigenvalue weighted by Crippen LogP contribution is 2.34. The molecule has 0 aliphatic heterocycles. The Morgan fingerprint density at radius 3 is 2.60 bits per heavy atom. The highest BCUT2D eigenvalue weighted by Gasteiger charge is 2.22. The SMILES string of the molecule is Cn1c(CNC2CC2)c(Br)c2cc(C(C)(C)C)ccc21. The van der Waals surface area contributed by atoms with Gasteiger partial charge >= 0.3 is 0 Å². The van der Waals surface area contributed by atoms with Gasteiger partial charge in [0.05, 0.1) is 0 Å². The van der Waals surface area contributed by atoms with Gasteiger partial charge in [-0.2, -0.15) is 0 Å². The molecule has 0 amide bonds. The Morgan fingerprint density at radius 1 is 1.30 bits per heavy atom. The minimum Gasteiger partial charge on any atom is -0.345 e. The Kier molecular flexibility index (Phi) is 3.46. The molecule has 1 aliphatic rings. The summed E-state index contributed by atoms with van der Waals surface area (Å²) in [6.45, 7) is 7.74. The molecule has 1 N–H and O–H groups in total. The van der Waals surface area contributed by atoms with Gasteiger partial charge in [0.25, 0.3) is 0 Å².